The van der Waals surface area contributed by atoms with Crippen LogP contribution in [0.4, 0.5) is 0 Å². The van der Waals surface area contributed by atoms with Crippen molar-refractivity contribution in [3.8, 4) is 5.75 Å². The van der Waals surface area contributed by atoms with Crippen molar-refractivity contribution in [1.82, 2.24) is 4.31 Å². The first-order valence-electron chi connectivity index (χ1n) is 6.84. The number of rotatable bonds is 7. The molecule has 5 nitrogen and oxygen atoms in total. The first kappa shape index (κ1) is 15.3. The Bertz CT molecular complexity index is 567. The van der Waals surface area contributed by atoms with Gasteiger partial charge in [-0.25, -0.2) is 8.42 Å². The Labute approximate surface area is 120 Å². The molecule has 112 valence electrons. The van der Waals surface area contributed by atoms with Crippen LogP contribution in [0.15, 0.2) is 23.1 Å². The minimum absolute atomic E-state index is 0.0920. The van der Waals surface area contributed by atoms with Gasteiger partial charge < -0.3 is 9.84 Å². The van der Waals surface area contributed by atoms with Gasteiger partial charge in [0.15, 0.2) is 0 Å². The van der Waals surface area contributed by atoms with Crippen LogP contribution in [-0.4, -0.2) is 44.1 Å². The zero-order valence-electron chi connectivity index (χ0n) is 11.9. The zero-order chi connectivity index (χ0) is 14.8. The van der Waals surface area contributed by atoms with E-state index in [1.807, 2.05) is 6.92 Å². The number of aliphatic hydroxyl groups is 1. The van der Waals surface area contributed by atoms with Crippen molar-refractivity contribution < 1.29 is 18.3 Å². The first-order valence-corrected chi connectivity index (χ1v) is 8.28. The van der Waals surface area contributed by atoms with Crippen LogP contribution < -0.4 is 4.74 Å². The molecule has 1 aliphatic carbocycles. The first-order chi connectivity index (χ1) is 9.54. The van der Waals surface area contributed by atoms with E-state index in [2.05, 4.69) is 0 Å². The van der Waals surface area contributed by atoms with Gasteiger partial charge in [0.05, 0.1) is 12.0 Å². The summed E-state index contributed by atoms with van der Waals surface area (Å²) in [6.45, 7) is 2.23. The molecule has 0 aliphatic heterocycles. The van der Waals surface area contributed by atoms with Crippen molar-refractivity contribution in [1.29, 1.82) is 0 Å². The molecular weight excluding hydrogens is 278 g/mol. The number of nitrogens with zero attached hydrogens (tertiary/aromatic N) is 1. The van der Waals surface area contributed by atoms with Gasteiger partial charge in [-0.2, -0.15) is 4.31 Å². The predicted molar refractivity (Wildman–Crippen MR) is 76.4 cm³/mol. The average molecular weight is 299 g/mol. The summed E-state index contributed by atoms with van der Waals surface area (Å²) in [6, 6.07) is 5.04. The Morgan fingerprint density at radius 1 is 1.40 bits per heavy atom. The fourth-order valence-corrected chi connectivity index (χ4v) is 4.29. The van der Waals surface area contributed by atoms with Crippen molar-refractivity contribution in [2.24, 2.45) is 0 Å². The van der Waals surface area contributed by atoms with Gasteiger partial charge in [0.25, 0.3) is 0 Å². The molecule has 0 amide bonds. The van der Waals surface area contributed by atoms with E-state index in [-0.39, 0.29) is 17.5 Å². The van der Waals surface area contributed by atoms with Crippen LogP contribution in [0.5, 0.6) is 5.75 Å². The monoisotopic (exact) mass is 299 g/mol. The second kappa shape index (κ2) is 6.11. The fourth-order valence-electron chi connectivity index (χ4n) is 2.36. The molecule has 0 radical (unpaired) electrons. The summed E-state index contributed by atoms with van der Waals surface area (Å²) < 4.78 is 32.2. The van der Waals surface area contributed by atoms with E-state index in [1.54, 1.807) is 22.5 Å². The number of ether oxygens (including phenoxy) is 1. The van der Waals surface area contributed by atoms with Crippen molar-refractivity contribution in [3.63, 3.8) is 0 Å². The third kappa shape index (κ3) is 2.97. The predicted octanol–water partition coefficient (Wildman–Crippen LogP) is 1.40. The van der Waals surface area contributed by atoms with Crippen LogP contribution >= 0.6 is 0 Å². The molecule has 0 spiro atoms. The maximum absolute atomic E-state index is 12.7. The summed E-state index contributed by atoms with van der Waals surface area (Å²) in [7, 11) is -1.96. The van der Waals surface area contributed by atoms with Gasteiger partial charge >= 0.3 is 0 Å². The van der Waals surface area contributed by atoms with Gasteiger partial charge in [-0.15, -0.1) is 0 Å². The highest BCUT2D eigenvalue weighted by molar-refractivity contribution is 7.89. The maximum Gasteiger partial charge on any atom is 0.243 e. The lowest BCUT2D eigenvalue weighted by Gasteiger charge is -2.22. The number of hydrogen-bond acceptors (Lipinski definition) is 4. The van der Waals surface area contributed by atoms with Crippen molar-refractivity contribution in [3.05, 3.63) is 23.8 Å². The zero-order valence-corrected chi connectivity index (χ0v) is 12.7. The van der Waals surface area contributed by atoms with Crippen LogP contribution in [0, 0.1) is 0 Å². The van der Waals surface area contributed by atoms with Crippen molar-refractivity contribution in [2.75, 3.05) is 20.3 Å². The van der Waals surface area contributed by atoms with E-state index >= 15 is 0 Å². The molecule has 1 N–H and O–H groups in total. The molecule has 0 bridgehead atoms. The quantitative estimate of drug-likeness (QED) is 0.826. The maximum atomic E-state index is 12.7. The highest BCUT2D eigenvalue weighted by Gasteiger charge is 2.37. The van der Waals surface area contributed by atoms with Gasteiger partial charge in [0, 0.05) is 19.2 Å². The minimum atomic E-state index is -3.50. The molecule has 1 aliphatic rings. The average Bonchev–Trinajstić information content (AvgIpc) is 3.24. The molecule has 0 heterocycles. The molecule has 0 aromatic heterocycles. The van der Waals surface area contributed by atoms with Crippen LogP contribution in [0.3, 0.4) is 0 Å². The van der Waals surface area contributed by atoms with Gasteiger partial charge in [0.2, 0.25) is 10.0 Å². The van der Waals surface area contributed by atoms with E-state index in [4.69, 9.17) is 9.84 Å². The Balaban J connectivity index is 2.44. The molecule has 0 unspecified atom stereocenters. The second-order valence-electron chi connectivity index (χ2n) is 4.89. The van der Waals surface area contributed by atoms with Gasteiger partial charge in [0.1, 0.15) is 5.75 Å². The third-order valence-electron chi connectivity index (χ3n) is 3.50. The van der Waals surface area contributed by atoms with E-state index in [0.29, 0.717) is 24.3 Å². The standard InChI is InChI=1S/C14H21NO4S/c1-3-15(12-4-5-12)20(17,18)14-7-6-13(19-2)10-11(14)8-9-16/h6-7,10,12,16H,3-5,8-9H2,1-2H3. The fraction of sp³-hybridized carbons (Fsp3) is 0.571. The molecule has 1 aromatic carbocycles. The highest BCUT2D eigenvalue weighted by Crippen LogP contribution is 2.33. The Kier molecular flexibility index (Phi) is 4.67. The molecule has 20 heavy (non-hydrogen) atoms. The van der Waals surface area contributed by atoms with E-state index < -0.39 is 10.0 Å². The molecule has 2 rings (SSSR count). The summed E-state index contributed by atoms with van der Waals surface area (Å²) in [5, 5.41) is 9.14. The third-order valence-corrected chi connectivity index (χ3v) is 5.63. The lowest BCUT2D eigenvalue weighted by atomic mass is 10.1. The summed E-state index contributed by atoms with van der Waals surface area (Å²) in [6.07, 6.45) is 2.16. The van der Waals surface area contributed by atoms with Crippen LogP contribution in [0.2, 0.25) is 0 Å². The number of sulfonamides is 1. The summed E-state index contributed by atoms with van der Waals surface area (Å²) in [4.78, 5) is 0.279. The molecule has 0 saturated heterocycles. The number of benzene rings is 1. The normalized spacial score (nSPS) is 15.6. The van der Waals surface area contributed by atoms with Crippen LogP contribution in [-0.2, 0) is 16.4 Å². The Morgan fingerprint density at radius 3 is 2.60 bits per heavy atom. The summed E-state index contributed by atoms with van der Waals surface area (Å²) in [5.74, 6) is 0.599. The van der Waals surface area contributed by atoms with E-state index in [0.717, 1.165) is 12.8 Å². The molecular formula is C14H21NO4S. The summed E-state index contributed by atoms with van der Waals surface area (Å²) >= 11 is 0. The van der Waals surface area contributed by atoms with Crippen molar-refractivity contribution in [2.45, 2.75) is 37.1 Å². The Morgan fingerprint density at radius 2 is 2.10 bits per heavy atom. The largest absolute Gasteiger partial charge is 0.497 e. The smallest absolute Gasteiger partial charge is 0.243 e. The molecule has 1 saturated carbocycles. The van der Waals surface area contributed by atoms with E-state index in [1.165, 1.54) is 7.11 Å². The second-order valence-corrected chi connectivity index (χ2v) is 6.75. The van der Waals surface area contributed by atoms with Gasteiger partial charge in [-0.05, 0) is 43.0 Å². The lowest BCUT2D eigenvalue weighted by Crippen LogP contribution is -2.33. The molecule has 1 fully saturated rings. The number of aliphatic hydroxyl groups excluding tert-OH is 1. The Hall–Kier alpha value is -1.11. The van der Waals surface area contributed by atoms with Crippen LogP contribution in [0.25, 0.3) is 0 Å². The molecule has 0 atom stereocenters. The molecule has 1 aromatic rings. The van der Waals surface area contributed by atoms with Crippen molar-refractivity contribution >= 4 is 10.0 Å². The SMILES string of the molecule is CCN(C1CC1)S(=O)(=O)c1ccc(OC)cc1CCO. The number of hydrogen-bond donors (Lipinski definition) is 1. The topological polar surface area (TPSA) is 66.8 Å². The highest BCUT2D eigenvalue weighted by atomic mass is 32.2. The number of methoxy groups -OCH3 is 1. The summed E-state index contributed by atoms with van der Waals surface area (Å²) in [5.41, 5.74) is 0.603. The van der Waals surface area contributed by atoms with Gasteiger partial charge in [-0.1, -0.05) is 6.92 Å². The lowest BCUT2D eigenvalue weighted by molar-refractivity contribution is 0.298. The minimum Gasteiger partial charge on any atom is -0.497 e. The van der Waals surface area contributed by atoms with Gasteiger partial charge in [-0.3, -0.25) is 0 Å². The van der Waals surface area contributed by atoms with E-state index in [9.17, 15) is 8.42 Å². The molecule has 6 heteroatoms. The van der Waals surface area contributed by atoms with Crippen LogP contribution in [0.1, 0.15) is 25.3 Å².